The zero-order chi connectivity index (χ0) is 13.2. The van der Waals surface area contributed by atoms with Crippen LogP contribution >= 0.6 is 0 Å². The van der Waals surface area contributed by atoms with Crippen LogP contribution in [0.2, 0.25) is 0 Å². The number of para-hydroxylation sites is 1. The minimum Gasteiger partial charge on any atom is -0.322 e. The highest BCUT2D eigenvalue weighted by atomic mass is 16.1. The Hall–Kier alpha value is -2.62. The van der Waals surface area contributed by atoms with Gasteiger partial charge in [-0.2, -0.15) is 0 Å². The Balaban J connectivity index is 1.89. The van der Waals surface area contributed by atoms with Gasteiger partial charge in [-0.25, -0.2) is 4.98 Å². The largest absolute Gasteiger partial charge is 0.322 e. The lowest BCUT2D eigenvalue weighted by Crippen LogP contribution is -2.13. The van der Waals surface area contributed by atoms with Crippen molar-refractivity contribution in [3.63, 3.8) is 0 Å². The van der Waals surface area contributed by atoms with Crippen molar-refractivity contribution in [3.05, 3.63) is 66.1 Å². The topological polar surface area (TPSA) is 46.4 Å². The van der Waals surface area contributed by atoms with E-state index in [9.17, 15) is 4.79 Å². The van der Waals surface area contributed by atoms with Crippen LogP contribution in [0.25, 0.3) is 5.65 Å². The van der Waals surface area contributed by atoms with Gasteiger partial charge in [0.1, 0.15) is 5.65 Å². The van der Waals surface area contributed by atoms with Crippen molar-refractivity contribution >= 4 is 17.2 Å². The van der Waals surface area contributed by atoms with Crippen LogP contribution in [0.15, 0.2) is 55.0 Å². The number of hydrogen-bond donors (Lipinski definition) is 1. The van der Waals surface area contributed by atoms with E-state index in [-0.39, 0.29) is 5.91 Å². The van der Waals surface area contributed by atoms with E-state index in [1.807, 2.05) is 47.9 Å². The normalized spacial score (nSPS) is 10.6. The lowest BCUT2D eigenvalue weighted by molar-refractivity contribution is 0.102. The first kappa shape index (κ1) is 11.5. The van der Waals surface area contributed by atoms with Crippen molar-refractivity contribution in [2.45, 2.75) is 6.92 Å². The zero-order valence-corrected chi connectivity index (χ0v) is 10.5. The Labute approximate surface area is 110 Å². The molecule has 0 fully saturated rings. The quantitative estimate of drug-likeness (QED) is 0.761. The highest BCUT2D eigenvalue weighted by Crippen LogP contribution is 2.15. The van der Waals surface area contributed by atoms with Crippen LogP contribution in [-0.2, 0) is 0 Å². The molecule has 0 aliphatic carbocycles. The number of carbonyl (C=O) groups is 1. The molecule has 0 spiro atoms. The number of carbonyl (C=O) groups excluding carboxylic acids is 1. The molecule has 0 saturated heterocycles. The molecular weight excluding hydrogens is 238 g/mol. The third-order valence-electron chi connectivity index (χ3n) is 3.04. The van der Waals surface area contributed by atoms with E-state index in [2.05, 4.69) is 10.3 Å². The highest BCUT2D eigenvalue weighted by Gasteiger charge is 2.08. The number of nitrogens with zero attached hydrogens (tertiary/aromatic N) is 2. The molecule has 1 N–H and O–H groups in total. The summed E-state index contributed by atoms with van der Waals surface area (Å²) >= 11 is 0. The number of anilines is 1. The number of nitrogens with one attached hydrogen (secondary N) is 1. The summed E-state index contributed by atoms with van der Waals surface area (Å²) in [5, 5.41) is 2.91. The second kappa shape index (κ2) is 4.57. The van der Waals surface area contributed by atoms with Crippen molar-refractivity contribution < 1.29 is 4.79 Å². The van der Waals surface area contributed by atoms with Crippen LogP contribution in [0.3, 0.4) is 0 Å². The Bertz CT molecular complexity index is 746. The van der Waals surface area contributed by atoms with E-state index in [1.54, 1.807) is 18.5 Å². The SMILES string of the molecule is Cc1ccccc1NC(=O)c1ccc2nccn2c1. The summed E-state index contributed by atoms with van der Waals surface area (Å²) in [6.07, 6.45) is 5.30. The highest BCUT2D eigenvalue weighted by molar-refractivity contribution is 6.04. The minimum absolute atomic E-state index is 0.120. The van der Waals surface area contributed by atoms with Gasteiger partial charge in [0.2, 0.25) is 0 Å². The first-order valence-corrected chi connectivity index (χ1v) is 6.04. The number of fused-ring (bicyclic) bond motifs is 1. The van der Waals surface area contributed by atoms with Crippen molar-refractivity contribution in [2.24, 2.45) is 0 Å². The van der Waals surface area contributed by atoms with Gasteiger partial charge < -0.3 is 9.72 Å². The van der Waals surface area contributed by atoms with Gasteiger partial charge in [0.15, 0.2) is 0 Å². The van der Waals surface area contributed by atoms with Crippen LogP contribution in [-0.4, -0.2) is 15.3 Å². The molecule has 1 amide bonds. The van der Waals surface area contributed by atoms with Gasteiger partial charge in [-0.15, -0.1) is 0 Å². The Morgan fingerprint density at radius 3 is 2.89 bits per heavy atom. The molecule has 19 heavy (non-hydrogen) atoms. The summed E-state index contributed by atoms with van der Waals surface area (Å²) < 4.78 is 1.83. The van der Waals surface area contributed by atoms with E-state index in [0.29, 0.717) is 5.56 Å². The predicted molar refractivity (Wildman–Crippen MR) is 74.3 cm³/mol. The molecule has 0 unspecified atom stereocenters. The smallest absolute Gasteiger partial charge is 0.257 e. The summed E-state index contributed by atoms with van der Waals surface area (Å²) in [5.41, 5.74) is 3.30. The second-order valence-electron chi connectivity index (χ2n) is 4.38. The van der Waals surface area contributed by atoms with Gasteiger partial charge >= 0.3 is 0 Å². The van der Waals surface area contributed by atoms with E-state index in [1.165, 1.54) is 0 Å². The van der Waals surface area contributed by atoms with Gasteiger partial charge in [0.25, 0.3) is 5.91 Å². The lowest BCUT2D eigenvalue weighted by Gasteiger charge is -2.08. The van der Waals surface area contributed by atoms with Gasteiger partial charge in [-0.1, -0.05) is 18.2 Å². The average molecular weight is 251 g/mol. The molecule has 0 bridgehead atoms. The maximum atomic E-state index is 12.2. The molecule has 0 aliphatic rings. The lowest BCUT2D eigenvalue weighted by atomic mass is 10.2. The maximum Gasteiger partial charge on any atom is 0.257 e. The number of hydrogen-bond acceptors (Lipinski definition) is 2. The molecule has 0 saturated carbocycles. The van der Waals surface area contributed by atoms with Gasteiger partial charge in [0.05, 0.1) is 5.56 Å². The number of imidazole rings is 1. The third kappa shape index (κ3) is 2.20. The molecule has 4 heteroatoms. The Kier molecular flexibility index (Phi) is 2.76. The van der Waals surface area contributed by atoms with Crippen LogP contribution in [0, 0.1) is 6.92 Å². The molecule has 4 nitrogen and oxygen atoms in total. The summed E-state index contributed by atoms with van der Waals surface area (Å²) in [6.45, 7) is 1.97. The van der Waals surface area contributed by atoms with E-state index < -0.39 is 0 Å². The van der Waals surface area contributed by atoms with Gasteiger partial charge in [0, 0.05) is 24.3 Å². The van der Waals surface area contributed by atoms with Crippen molar-refractivity contribution in [2.75, 3.05) is 5.32 Å². The number of aryl methyl sites for hydroxylation is 1. The van der Waals surface area contributed by atoms with Gasteiger partial charge in [-0.3, -0.25) is 4.79 Å². The molecular formula is C15H13N3O. The second-order valence-corrected chi connectivity index (χ2v) is 4.38. The summed E-state index contributed by atoms with van der Waals surface area (Å²) in [5.74, 6) is -0.120. The molecule has 0 radical (unpaired) electrons. The number of amides is 1. The molecule has 0 atom stereocenters. The molecule has 3 rings (SSSR count). The number of aromatic nitrogens is 2. The number of rotatable bonds is 2. The molecule has 1 aromatic carbocycles. The summed E-state index contributed by atoms with van der Waals surface area (Å²) in [6, 6.07) is 11.3. The van der Waals surface area contributed by atoms with E-state index in [0.717, 1.165) is 16.9 Å². The molecule has 3 aromatic rings. The fraction of sp³-hybridized carbons (Fsp3) is 0.0667. The van der Waals surface area contributed by atoms with Gasteiger partial charge in [-0.05, 0) is 30.7 Å². The molecule has 94 valence electrons. The fourth-order valence-corrected chi connectivity index (χ4v) is 1.96. The van der Waals surface area contributed by atoms with E-state index in [4.69, 9.17) is 0 Å². The third-order valence-corrected chi connectivity index (χ3v) is 3.04. The summed E-state index contributed by atoms with van der Waals surface area (Å²) in [4.78, 5) is 16.3. The van der Waals surface area contributed by atoms with Crippen LogP contribution < -0.4 is 5.32 Å². The van der Waals surface area contributed by atoms with Crippen LogP contribution in [0.1, 0.15) is 15.9 Å². The monoisotopic (exact) mass is 251 g/mol. The summed E-state index contributed by atoms with van der Waals surface area (Å²) in [7, 11) is 0. The Morgan fingerprint density at radius 1 is 1.21 bits per heavy atom. The maximum absolute atomic E-state index is 12.2. The van der Waals surface area contributed by atoms with Crippen LogP contribution in [0.4, 0.5) is 5.69 Å². The predicted octanol–water partition coefficient (Wildman–Crippen LogP) is 2.90. The Morgan fingerprint density at radius 2 is 2.05 bits per heavy atom. The first-order chi connectivity index (χ1) is 9.24. The molecule has 2 aromatic heterocycles. The van der Waals surface area contributed by atoms with Crippen molar-refractivity contribution in [3.8, 4) is 0 Å². The fourth-order valence-electron chi connectivity index (χ4n) is 1.96. The molecule has 0 aliphatic heterocycles. The van der Waals surface area contributed by atoms with E-state index >= 15 is 0 Å². The first-order valence-electron chi connectivity index (χ1n) is 6.04. The van der Waals surface area contributed by atoms with Crippen molar-refractivity contribution in [1.29, 1.82) is 0 Å². The minimum atomic E-state index is -0.120. The standard InChI is InChI=1S/C15H13N3O/c1-11-4-2-3-5-13(11)17-15(19)12-6-7-14-16-8-9-18(14)10-12/h2-10H,1H3,(H,17,19). The average Bonchev–Trinajstić information content (AvgIpc) is 2.88. The zero-order valence-electron chi connectivity index (χ0n) is 10.5. The molecule has 2 heterocycles. The number of pyridine rings is 1. The van der Waals surface area contributed by atoms with Crippen molar-refractivity contribution in [1.82, 2.24) is 9.38 Å². The van der Waals surface area contributed by atoms with Crippen LogP contribution in [0.5, 0.6) is 0 Å². The number of benzene rings is 1.